The molecule has 0 bridgehead atoms. The number of fused-ring (bicyclic) bond motifs is 1. The second-order valence-electron chi connectivity index (χ2n) is 7.04. The lowest BCUT2D eigenvalue weighted by atomic mass is 10.2. The van der Waals surface area contributed by atoms with Gasteiger partial charge >= 0.3 is 0 Å². The van der Waals surface area contributed by atoms with Crippen LogP contribution < -0.4 is 4.90 Å². The number of aromatic nitrogens is 1. The van der Waals surface area contributed by atoms with E-state index in [1.165, 1.54) is 29.5 Å². The summed E-state index contributed by atoms with van der Waals surface area (Å²) in [7, 11) is 3.87. The van der Waals surface area contributed by atoms with E-state index in [2.05, 4.69) is 4.98 Å². The van der Waals surface area contributed by atoms with Gasteiger partial charge in [-0.1, -0.05) is 35.1 Å². The normalized spacial score (nSPS) is 11.5. The summed E-state index contributed by atoms with van der Waals surface area (Å²) in [6.07, 6.45) is 2.99. The SMILES string of the molecule is Cc1cc(Cl)cc2sc(N(CCN(C)C)C(=O)/C=C/c3cccc([N+](=O)[O-])c3)nc12. The molecule has 0 aliphatic carbocycles. The molecule has 9 heteroatoms. The molecule has 1 aromatic heterocycles. The molecule has 0 radical (unpaired) electrons. The van der Waals surface area contributed by atoms with Crippen LogP contribution in [-0.2, 0) is 4.79 Å². The number of benzene rings is 2. The van der Waals surface area contributed by atoms with Crippen LogP contribution in [0.2, 0.25) is 5.02 Å². The number of carbonyl (C=O) groups is 1. The monoisotopic (exact) mass is 444 g/mol. The summed E-state index contributed by atoms with van der Waals surface area (Å²) in [6, 6.07) is 9.84. The fraction of sp³-hybridized carbons (Fsp3) is 0.238. The first kappa shape index (κ1) is 21.9. The highest BCUT2D eigenvalue weighted by atomic mass is 35.5. The summed E-state index contributed by atoms with van der Waals surface area (Å²) in [5.74, 6) is -0.244. The molecule has 1 amide bonds. The van der Waals surface area contributed by atoms with E-state index in [0.29, 0.717) is 28.8 Å². The van der Waals surface area contributed by atoms with Crippen LogP contribution in [0.15, 0.2) is 42.5 Å². The number of carbonyl (C=O) groups excluding carboxylic acids is 1. The lowest BCUT2D eigenvalue weighted by Crippen LogP contribution is -2.35. The van der Waals surface area contributed by atoms with E-state index in [1.54, 1.807) is 23.1 Å². The average Bonchev–Trinajstić information content (AvgIpc) is 3.10. The molecule has 0 saturated carbocycles. The van der Waals surface area contributed by atoms with Crippen LogP contribution >= 0.6 is 22.9 Å². The minimum atomic E-state index is -0.461. The van der Waals surface area contributed by atoms with Crippen molar-refractivity contribution in [2.75, 3.05) is 32.1 Å². The van der Waals surface area contributed by atoms with E-state index in [-0.39, 0.29) is 11.6 Å². The average molecular weight is 445 g/mol. The number of non-ortho nitro benzene ring substituents is 1. The number of rotatable bonds is 7. The van der Waals surface area contributed by atoms with Crippen molar-refractivity contribution in [2.24, 2.45) is 0 Å². The number of amides is 1. The molecule has 2 aromatic carbocycles. The van der Waals surface area contributed by atoms with Crippen molar-refractivity contribution in [1.29, 1.82) is 0 Å². The fourth-order valence-electron chi connectivity index (χ4n) is 2.86. The van der Waals surface area contributed by atoms with Gasteiger partial charge < -0.3 is 4.90 Å². The Kier molecular flexibility index (Phi) is 6.81. The summed E-state index contributed by atoms with van der Waals surface area (Å²) >= 11 is 7.57. The molecule has 0 saturated heterocycles. The van der Waals surface area contributed by atoms with E-state index < -0.39 is 4.92 Å². The predicted octanol–water partition coefficient (Wildman–Crippen LogP) is 4.77. The Balaban J connectivity index is 1.91. The Hall–Kier alpha value is -2.81. The first-order valence-electron chi connectivity index (χ1n) is 9.20. The molecule has 7 nitrogen and oxygen atoms in total. The second-order valence-corrected chi connectivity index (χ2v) is 8.49. The Bertz CT molecular complexity index is 1130. The number of nitrogens with zero attached hydrogens (tertiary/aromatic N) is 4. The molecule has 0 spiro atoms. The van der Waals surface area contributed by atoms with Gasteiger partial charge in [0.25, 0.3) is 11.6 Å². The molecule has 1 heterocycles. The van der Waals surface area contributed by atoms with Gasteiger partial charge in [-0.25, -0.2) is 4.98 Å². The lowest BCUT2D eigenvalue weighted by Gasteiger charge is -2.20. The minimum absolute atomic E-state index is 0.0208. The van der Waals surface area contributed by atoms with E-state index in [1.807, 2.05) is 38.1 Å². The van der Waals surface area contributed by atoms with E-state index in [9.17, 15) is 14.9 Å². The molecule has 0 fully saturated rings. The number of aryl methyl sites for hydroxylation is 1. The summed E-state index contributed by atoms with van der Waals surface area (Å²) in [5.41, 5.74) is 2.33. The van der Waals surface area contributed by atoms with Crippen LogP contribution in [-0.4, -0.2) is 47.9 Å². The lowest BCUT2D eigenvalue weighted by molar-refractivity contribution is -0.384. The van der Waals surface area contributed by atoms with Crippen LogP contribution in [0, 0.1) is 17.0 Å². The number of hydrogen-bond donors (Lipinski definition) is 0. The molecule has 0 unspecified atom stereocenters. The largest absolute Gasteiger partial charge is 0.308 e. The molecule has 0 aliphatic rings. The van der Waals surface area contributed by atoms with Crippen molar-refractivity contribution in [3.05, 3.63) is 68.7 Å². The van der Waals surface area contributed by atoms with Crippen LogP contribution in [0.5, 0.6) is 0 Å². The van der Waals surface area contributed by atoms with Crippen molar-refractivity contribution in [1.82, 2.24) is 9.88 Å². The number of thiazole rings is 1. The maximum atomic E-state index is 13.0. The van der Waals surface area contributed by atoms with E-state index >= 15 is 0 Å². The standard InChI is InChI=1S/C21H21ClN4O3S/c1-14-11-16(22)13-18-20(14)23-21(30-18)25(10-9-24(2)3)19(27)8-7-15-5-4-6-17(12-15)26(28)29/h4-8,11-13H,9-10H2,1-3H3/b8-7+. The van der Waals surface area contributed by atoms with Crippen molar-refractivity contribution < 1.29 is 9.72 Å². The maximum Gasteiger partial charge on any atom is 0.270 e. The number of likely N-dealkylation sites (N-methyl/N-ethyl adjacent to an activating group) is 1. The smallest absolute Gasteiger partial charge is 0.270 e. The molecule has 3 rings (SSSR count). The number of hydrogen-bond acceptors (Lipinski definition) is 6. The topological polar surface area (TPSA) is 79.6 Å². The summed E-state index contributed by atoms with van der Waals surface area (Å²) in [4.78, 5) is 31.8. The van der Waals surface area contributed by atoms with Gasteiger partial charge in [0.15, 0.2) is 5.13 Å². The Morgan fingerprint density at radius 2 is 2.03 bits per heavy atom. The van der Waals surface area contributed by atoms with Crippen LogP contribution in [0.3, 0.4) is 0 Å². The number of nitro groups is 1. The summed E-state index contributed by atoms with van der Waals surface area (Å²) in [5, 5.41) is 12.2. The minimum Gasteiger partial charge on any atom is -0.308 e. The van der Waals surface area contributed by atoms with Gasteiger partial charge in [0, 0.05) is 36.3 Å². The van der Waals surface area contributed by atoms with Crippen LogP contribution in [0.4, 0.5) is 10.8 Å². The van der Waals surface area contributed by atoms with Crippen molar-refractivity contribution in [3.8, 4) is 0 Å². The third-order valence-corrected chi connectivity index (χ3v) is 5.65. The molecule has 156 valence electrons. The van der Waals surface area contributed by atoms with Gasteiger partial charge in [0.1, 0.15) is 0 Å². The third-order valence-electron chi connectivity index (χ3n) is 4.41. The van der Waals surface area contributed by atoms with E-state index in [0.717, 1.165) is 15.8 Å². The quantitative estimate of drug-likeness (QED) is 0.298. The highest BCUT2D eigenvalue weighted by Crippen LogP contribution is 2.33. The van der Waals surface area contributed by atoms with Gasteiger partial charge in [-0.15, -0.1) is 0 Å². The molecule has 0 atom stereocenters. The summed E-state index contributed by atoms with van der Waals surface area (Å²) < 4.78 is 0.917. The summed E-state index contributed by atoms with van der Waals surface area (Å²) in [6.45, 7) is 3.05. The fourth-order valence-corrected chi connectivity index (χ4v) is 4.31. The Morgan fingerprint density at radius 3 is 2.73 bits per heavy atom. The van der Waals surface area contributed by atoms with Gasteiger partial charge in [0.2, 0.25) is 0 Å². The molecular formula is C21H21ClN4O3S. The van der Waals surface area contributed by atoms with Crippen LogP contribution in [0.1, 0.15) is 11.1 Å². The molecule has 0 N–H and O–H groups in total. The van der Waals surface area contributed by atoms with Gasteiger partial charge in [-0.05, 0) is 50.4 Å². The first-order chi connectivity index (χ1) is 14.2. The highest BCUT2D eigenvalue weighted by Gasteiger charge is 2.19. The maximum absolute atomic E-state index is 13.0. The molecule has 3 aromatic rings. The zero-order valence-corrected chi connectivity index (χ0v) is 18.4. The zero-order valence-electron chi connectivity index (χ0n) is 16.8. The van der Waals surface area contributed by atoms with Crippen molar-refractivity contribution >= 4 is 56.0 Å². The molecule has 30 heavy (non-hydrogen) atoms. The predicted molar refractivity (Wildman–Crippen MR) is 122 cm³/mol. The Labute approximate surface area is 183 Å². The van der Waals surface area contributed by atoms with Crippen LogP contribution in [0.25, 0.3) is 16.3 Å². The first-order valence-corrected chi connectivity index (χ1v) is 10.4. The third kappa shape index (κ3) is 5.21. The van der Waals surface area contributed by atoms with E-state index in [4.69, 9.17) is 11.6 Å². The highest BCUT2D eigenvalue weighted by molar-refractivity contribution is 7.22. The van der Waals surface area contributed by atoms with Crippen molar-refractivity contribution in [2.45, 2.75) is 6.92 Å². The second kappa shape index (κ2) is 9.34. The van der Waals surface area contributed by atoms with Gasteiger partial charge in [-0.2, -0.15) is 0 Å². The number of anilines is 1. The molecular weight excluding hydrogens is 424 g/mol. The molecule has 0 aliphatic heterocycles. The number of nitro benzene ring substituents is 1. The Morgan fingerprint density at radius 1 is 1.27 bits per heavy atom. The van der Waals surface area contributed by atoms with Gasteiger partial charge in [0.05, 0.1) is 15.1 Å². The number of halogens is 1. The zero-order chi connectivity index (χ0) is 21.8. The van der Waals surface area contributed by atoms with Crippen molar-refractivity contribution in [3.63, 3.8) is 0 Å². The van der Waals surface area contributed by atoms with Gasteiger partial charge in [-0.3, -0.25) is 19.8 Å².